The molecule has 0 saturated carbocycles. The van der Waals surface area contributed by atoms with Gasteiger partial charge in [0.1, 0.15) is 0 Å². The van der Waals surface area contributed by atoms with Gasteiger partial charge in [-0.1, -0.05) is 20.8 Å². The Morgan fingerprint density at radius 3 is 2.35 bits per heavy atom. The predicted molar refractivity (Wildman–Crippen MR) is 65.6 cm³/mol. The zero-order valence-corrected chi connectivity index (χ0v) is 10.5. The monoisotopic (exact) mass is 243 g/mol. The van der Waals surface area contributed by atoms with E-state index >= 15 is 0 Å². The van der Waals surface area contributed by atoms with Crippen LogP contribution in [0.15, 0.2) is 5.10 Å². The largest absolute Gasteiger partial charge is 0.481 e. The fraction of sp³-hybridized carbons (Fsp3) is 0.727. The van der Waals surface area contributed by atoms with Crippen molar-refractivity contribution in [2.75, 3.05) is 0 Å². The number of nitrogens with two attached hydrogens (primary N) is 1. The number of carbonyl (C=O) groups excluding carboxylic acids is 1. The molecule has 17 heavy (non-hydrogen) atoms. The number of carboxylic acid groups (broad SMARTS) is 1. The molecule has 0 spiro atoms. The first-order valence-corrected chi connectivity index (χ1v) is 5.66. The van der Waals surface area contributed by atoms with Crippen LogP contribution in [0.3, 0.4) is 0 Å². The van der Waals surface area contributed by atoms with Gasteiger partial charge in [-0.15, -0.1) is 0 Å². The predicted octanol–water partition coefficient (Wildman–Crippen LogP) is 1.41. The van der Waals surface area contributed by atoms with Gasteiger partial charge in [0, 0.05) is 6.21 Å². The van der Waals surface area contributed by atoms with E-state index in [4.69, 9.17) is 10.8 Å². The van der Waals surface area contributed by atoms with Crippen LogP contribution in [0.5, 0.6) is 0 Å². The smallest absolute Gasteiger partial charge is 0.332 e. The Bertz CT molecular complexity index is 290. The Labute approximate surface area is 101 Å². The lowest BCUT2D eigenvalue weighted by Gasteiger charge is -2.17. The van der Waals surface area contributed by atoms with Crippen LogP contribution in [0.4, 0.5) is 4.79 Å². The fourth-order valence-electron chi connectivity index (χ4n) is 1.34. The Morgan fingerprint density at radius 1 is 1.35 bits per heavy atom. The number of hydrazone groups is 1. The van der Waals surface area contributed by atoms with Crippen molar-refractivity contribution in [2.24, 2.45) is 28.6 Å². The standard InChI is InChI=1S/C11H21N3O3/c1-7(2)9(6-13-14-11(12)17)5-4-8(3)10(15)16/h6-9H,4-5H2,1-3H3,(H,15,16)(H3,12,14,17)/b13-6+/t8-,9+/m1/s1. The Balaban J connectivity index is 4.20. The number of amides is 2. The molecule has 0 aromatic carbocycles. The molecule has 6 nitrogen and oxygen atoms in total. The van der Waals surface area contributed by atoms with Gasteiger partial charge in [-0.3, -0.25) is 4.79 Å². The summed E-state index contributed by atoms with van der Waals surface area (Å²) in [7, 11) is 0. The van der Waals surface area contributed by atoms with Crippen molar-refractivity contribution in [1.82, 2.24) is 5.43 Å². The maximum atomic E-state index is 10.7. The van der Waals surface area contributed by atoms with Crippen LogP contribution in [-0.4, -0.2) is 23.3 Å². The first kappa shape index (κ1) is 15.4. The van der Waals surface area contributed by atoms with Gasteiger partial charge in [-0.25, -0.2) is 10.2 Å². The molecule has 2 atom stereocenters. The zero-order valence-electron chi connectivity index (χ0n) is 10.5. The summed E-state index contributed by atoms with van der Waals surface area (Å²) in [4.78, 5) is 21.1. The third-order valence-corrected chi connectivity index (χ3v) is 2.65. The molecule has 4 N–H and O–H groups in total. The Hall–Kier alpha value is -1.59. The summed E-state index contributed by atoms with van der Waals surface area (Å²) in [5.74, 6) is -0.702. The second-order valence-corrected chi connectivity index (χ2v) is 4.48. The van der Waals surface area contributed by atoms with Crippen molar-refractivity contribution >= 4 is 18.2 Å². The normalized spacial score (nSPS) is 14.8. The molecule has 0 unspecified atom stereocenters. The van der Waals surface area contributed by atoms with Gasteiger partial charge in [-0.2, -0.15) is 5.10 Å². The molecule has 98 valence electrons. The van der Waals surface area contributed by atoms with Gasteiger partial charge in [0.15, 0.2) is 0 Å². The highest BCUT2D eigenvalue weighted by Gasteiger charge is 2.16. The minimum absolute atomic E-state index is 0.128. The van der Waals surface area contributed by atoms with E-state index in [0.29, 0.717) is 12.3 Å². The molecule has 0 rings (SSSR count). The minimum Gasteiger partial charge on any atom is -0.481 e. The SMILES string of the molecule is CC(C)[C@H](/C=N/NC(N)=O)CC[C@@H](C)C(=O)O. The molecule has 0 radical (unpaired) electrons. The molecule has 2 amide bonds. The lowest BCUT2D eigenvalue weighted by molar-refractivity contribution is -0.141. The van der Waals surface area contributed by atoms with Crippen LogP contribution in [-0.2, 0) is 4.79 Å². The van der Waals surface area contributed by atoms with Gasteiger partial charge in [0.05, 0.1) is 5.92 Å². The van der Waals surface area contributed by atoms with Gasteiger partial charge in [0.2, 0.25) is 0 Å². The highest BCUT2D eigenvalue weighted by molar-refractivity contribution is 5.73. The van der Waals surface area contributed by atoms with Gasteiger partial charge >= 0.3 is 12.0 Å². The van der Waals surface area contributed by atoms with Crippen molar-refractivity contribution in [2.45, 2.75) is 33.6 Å². The molecule has 0 aromatic heterocycles. The van der Waals surface area contributed by atoms with Crippen molar-refractivity contribution in [3.05, 3.63) is 0 Å². The second kappa shape index (κ2) is 7.65. The molecule has 0 heterocycles. The summed E-state index contributed by atoms with van der Waals surface area (Å²) in [5.41, 5.74) is 7.01. The van der Waals surface area contributed by atoms with E-state index in [1.54, 1.807) is 13.1 Å². The quantitative estimate of drug-likeness (QED) is 0.465. The van der Waals surface area contributed by atoms with E-state index in [1.807, 2.05) is 13.8 Å². The van der Waals surface area contributed by atoms with Crippen molar-refractivity contribution in [3.8, 4) is 0 Å². The van der Waals surface area contributed by atoms with Gasteiger partial charge < -0.3 is 10.8 Å². The number of rotatable bonds is 7. The maximum Gasteiger partial charge on any atom is 0.332 e. The third kappa shape index (κ3) is 7.32. The Kier molecular flexibility index (Phi) is 6.93. The molecular formula is C11H21N3O3. The van der Waals surface area contributed by atoms with Gasteiger partial charge in [0.25, 0.3) is 0 Å². The number of primary amides is 1. The van der Waals surface area contributed by atoms with E-state index in [9.17, 15) is 9.59 Å². The van der Waals surface area contributed by atoms with E-state index in [1.165, 1.54) is 0 Å². The van der Waals surface area contributed by atoms with E-state index in [2.05, 4.69) is 10.5 Å². The number of hydrogen-bond donors (Lipinski definition) is 3. The summed E-state index contributed by atoms with van der Waals surface area (Å²) in [5, 5.41) is 12.5. The van der Waals surface area contributed by atoms with Crippen LogP contribution in [0.25, 0.3) is 0 Å². The van der Waals surface area contributed by atoms with Crippen molar-refractivity contribution < 1.29 is 14.7 Å². The maximum absolute atomic E-state index is 10.7. The minimum atomic E-state index is -0.792. The number of nitrogens with zero attached hydrogens (tertiary/aromatic N) is 1. The van der Waals surface area contributed by atoms with E-state index in [-0.39, 0.29) is 11.8 Å². The average Bonchev–Trinajstić information content (AvgIpc) is 2.21. The summed E-state index contributed by atoms with van der Waals surface area (Å²) >= 11 is 0. The van der Waals surface area contributed by atoms with Crippen LogP contribution in [0.2, 0.25) is 0 Å². The molecule has 0 aliphatic carbocycles. The molecule has 0 saturated heterocycles. The zero-order chi connectivity index (χ0) is 13.4. The van der Waals surface area contributed by atoms with Crippen LogP contribution >= 0.6 is 0 Å². The fourth-order valence-corrected chi connectivity index (χ4v) is 1.34. The molecule has 0 aliphatic heterocycles. The molecule has 0 fully saturated rings. The lowest BCUT2D eigenvalue weighted by Crippen LogP contribution is -2.25. The molecule has 0 aliphatic rings. The summed E-state index contributed by atoms with van der Waals surface area (Å²) in [6, 6.07) is -0.706. The van der Waals surface area contributed by atoms with E-state index in [0.717, 1.165) is 6.42 Å². The number of nitrogens with one attached hydrogen (secondary N) is 1. The van der Waals surface area contributed by atoms with E-state index < -0.39 is 12.0 Å². The average molecular weight is 243 g/mol. The first-order valence-electron chi connectivity index (χ1n) is 5.66. The topological polar surface area (TPSA) is 105 Å². The lowest BCUT2D eigenvalue weighted by atomic mass is 9.89. The summed E-state index contributed by atoms with van der Waals surface area (Å²) in [6.45, 7) is 5.72. The van der Waals surface area contributed by atoms with Crippen LogP contribution in [0.1, 0.15) is 33.6 Å². The highest BCUT2D eigenvalue weighted by Crippen LogP contribution is 2.18. The van der Waals surface area contributed by atoms with Crippen LogP contribution in [0, 0.1) is 17.8 Å². The molecule has 0 bridgehead atoms. The van der Waals surface area contributed by atoms with Crippen molar-refractivity contribution in [1.29, 1.82) is 0 Å². The van der Waals surface area contributed by atoms with Crippen LogP contribution < -0.4 is 11.2 Å². The highest BCUT2D eigenvalue weighted by atomic mass is 16.4. The first-order chi connectivity index (χ1) is 7.84. The third-order valence-electron chi connectivity index (χ3n) is 2.65. The summed E-state index contributed by atoms with van der Waals surface area (Å²) < 4.78 is 0. The molecule has 6 heteroatoms. The molecule has 0 aromatic rings. The number of hydrogen-bond acceptors (Lipinski definition) is 3. The molecular weight excluding hydrogens is 222 g/mol. The van der Waals surface area contributed by atoms with Crippen molar-refractivity contribution in [3.63, 3.8) is 0 Å². The number of carbonyl (C=O) groups is 2. The second-order valence-electron chi connectivity index (χ2n) is 4.48. The summed E-state index contributed by atoms with van der Waals surface area (Å²) in [6.07, 6.45) is 2.92. The number of aliphatic carboxylic acids is 1. The Morgan fingerprint density at radius 2 is 1.94 bits per heavy atom. The number of urea groups is 1. The van der Waals surface area contributed by atoms with Gasteiger partial charge in [-0.05, 0) is 24.7 Å². The number of carboxylic acids is 1.